The Morgan fingerprint density at radius 1 is 1.19 bits per heavy atom. The van der Waals surface area contributed by atoms with Crippen LogP contribution in [-0.2, 0) is 20.9 Å². The Bertz CT molecular complexity index is 614. The van der Waals surface area contributed by atoms with E-state index in [-0.39, 0.29) is 30.4 Å². The van der Waals surface area contributed by atoms with E-state index in [0.717, 1.165) is 17.7 Å². The first kappa shape index (κ1) is 22.0. The number of carbonyl (C=O) groups excluding carboxylic acids is 2. The summed E-state index contributed by atoms with van der Waals surface area (Å²) in [6, 6.07) is 5.91. The quantitative estimate of drug-likeness (QED) is 0.732. The number of hydrogen-bond donors (Lipinski definition) is 1. The molecular weight excluding hydrogens is 330 g/mol. The molecular formula is C20H33N3O3. The highest BCUT2D eigenvalue weighted by Crippen LogP contribution is 2.26. The molecule has 6 nitrogen and oxygen atoms in total. The van der Waals surface area contributed by atoms with Crippen LogP contribution in [0.2, 0.25) is 0 Å². The van der Waals surface area contributed by atoms with Gasteiger partial charge in [-0.15, -0.1) is 0 Å². The van der Waals surface area contributed by atoms with Crippen LogP contribution in [0, 0.1) is 5.92 Å². The molecule has 0 aliphatic heterocycles. The molecule has 1 atom stereocenters. The molecule has 0 radical (unpaired) electrons. The molecule has 0 fully saturated rings. The molecule has 1 rings (SSSR count). The van der Waals surface area contributed by atoms with Gasteiger partial charge in [0.15, 0.2) is 0 Å². The summed E-state index contributed by atoms with van der Waals surface area (Å²) in [5.41, 5.74) is 2.73. The van der Waals surface area contributed by atoms with Crippen LogP contribution in [0.1, 0.15) is 39.7 Å². The Hall–Kier alpha value is -2.08. The minimum Gasteiger partial charge on any atom is -0.377 e. The first-order valence-electron chi connectivity index (χ1n) is 9.10. The maximum absolute atomic E-state index is 12.7. The zero-order valence-electron chi connectivity index (χ0n) is 17.1. The van der Waals surface area contributed by atoms with E-state index in [1.807, 2.05) is 55.9 Å². The lowest BCUT2D eigenvalue weighted by atomic mass is 10.1. The van der Waals surface area contributed by atoms with Crippen LogP contribution < -0.4 is 10.2 Å². The summed E-state index contributed by atoms with van der Waals surface area (Å²) >= 11 is 0. The van der Waals surface area contributed by atoms with E-state index in [4.69, 9.17) is 4.74 Å². The van der Waals surface area contributed by atoms with Gasteiger partial charge >= 0.3 is 0 Å². The van der Waals surface area contributed by atoms with Crippen molar-refractivity contribution in [2.24, 2.45) is 5.92 Å². The summed E-state index contributed by atoms with van der Waals surface area (Å²) in [4.78, 5) is 28.5. The van der Waals surface area contributed by atoms with Crippen LogP contribution in [0.5, 0.6) is 0 Å². The van der Waals surface area contributed by atoms with Gasteiger partial charge in [0.25, 0.3) is 0 Å². The maximum Gasteiger partial charge on any atom is 0.250 e. The molecule has 0 saturated heterocycles. The minimum absolute atomic E-state index is 0.00952. The summed E-state index contributed by atoms with van der Waals surface area (Å²) < 4.78 is 4.86. The SMILES string of the molecule is CCC(C)N(Cc1cc(NC(=O)COC)ccc1N(C)C)C(=O)C(C)C. The molecule has 146 valence electrons. The Morgan fingerprint density at radius 2 is 1.85 bits per heavy atom. The van der Waals surface area contributed by atoms with Crippen molar-refractivity contribution in [1.29, 1.82) is 0 Å². The van der Waals surface area contributed by atoms with E-state index in [0.29, 0.717) is 12.2 Å². The molecule has 0 aliphatic carbocycles. The first-order valence-corrected chi connectivity index (χ1v) is 9.10. The van der Waals surface area contributed by atoms with Gasteiger partial charge in [0.1, 0.15) is 6.61 Å². The maximum atomic E-state index is 12.7. The molecule has 1 aromatic carbocycles. The van der Waals surface area contributed by atoms with E-state index < -0.39 is 0 Å². The Labute approximate surface area is 157 Å². The largest absolute Gasteiger partial charge is 0.377 e. The van der Waals surface area contributed by atoms with Crippen molar-refractivity contribution in [3.8, 4) is 0 Å². The van der Waals surface area contributed by atoms with E-state index in [2.05, 4.69) is 19.2 Å². The van der Waals surface area contributed by atoms with Crippen LogP contribution in [0.4, 0.5) is 11.4 Å². The number of amides is 2. The molecule has 0 bridgehead atoms. The number of carbonyl (C=O) groups is 2. The van der Waals surface area contributed by atoms with Gasteiger partial charge in [0, 0.05) is 51.1 Å². The van der Waals surface area contributed by atoms with Gasteiger partial charge in [-0.1, -0.05) is 20.8 Å². The zero-order valence-corrected chi connectivity index (χ0v) is 17.1. The molecule has 0 aliphatic rings. The third-order valence-corrected chi connectivity index (χ3v) is 4.36. The smallest absolute Gasteiger partial charge is 0.250 e. The molecule has 0 aromatic heterocycles. The number of nitrogens with one attached hydrogen (secondary N) is 1. The lowest BCUT2D eigenvalue weighted by molar-refractivity contribution is -0.137. The lowest BCUT2D eigenvalue weighted by Crippen LogP contribution is -2.40. The summed E-state index contributed by atoms with van der Waals surface area (Å²) in [5, 5.41) is 2.83. The third kappa shape index (κ3) is 6.02. The van der Waals surface area contributed by atoms with Gasteiger partial charge in [0.2, 0.25) is 11.8 Å². The molecule has 2 amide bonds. The van der Waals surface area contributed by atoms with Crippen molar-refractivity contribution in [1.82, 2.24) is 4.90 Å². The number of methoxy groups -OCH3 is 1. The van der Waals surface area contributed by atoms with Gasteiger partial charge in [-0.05, 0) is 37.1 Å². The van der Waals surface area contributed by atoms with Gasteiger partial charge in [-0.25, -0.2) is 0 Å². The predicted molar refractivity (Wildman–Crippen MR) is 106 cm³/mol. The average Bonchev–Trinajstić information content (AvgIpc) is 2.58. The molecule has 26 heavy (non-hydrogen) atoms. The lowest BCUT2D eigenvalue weighted by Gasteiger charge is -2.32. The number of hydrogen-bond acceptors (Lipinski definition) is 4. The molecule has 1 aromatic rings. The van der Waals surface area contributed by atoms with Crippen molar-refractivity contribution in [2.75, 3.05) is 38.0 Å². The first-order chi connectivity index (χ1) is 12.2. The molecule has 6 heteroatoms. The molecule has 1 N–H and O–H groups in total. The molecule has 0 saturated carbocycles. The second kappa shape index (κ2) is 10.2. The predicted octanol–water partition coefficient (Wildman–Crippen LogP) is 3.12. The fourth-order valence-corrected chi connectivity index (χ4v) is 2.74. The fourth-order valence-electron chi connectivity index (χ4n) is 2.74. The highest BCUT2D eigenvalue weighted by Gasteiger charge is 2.23. The number of benzene rings is 1. The number of anilines is 2. The second-order valence-electron chi connectivity index (χ2n) is 7.10. The number of nitrogens with zero attached hydrogens (tertiary/aromatic N) is 2. The van der Waals surface area contributed by atoms with Gasteiger partial charge in [0.05, 0.1) is 0 Å². The molecule has 0 spiro atoms. The van der Waals surface area contributed by atoms with Crippen molar-refractivity contribution >= 4 is 23.2 Å². The summed E-state index contributed by atoms with van der Waals surface area (Å²) in [6.45, 7) is 8.51. The van der Waals surface area contributed by atoms with Crippen molar-refractivity contribution in [3.63, 3.8) is 0 Å². The van der Waals surface area contributed by atoms with Gasteiger partial charge in [-0.2, -0.15) is 0 Å². The highest BCUT2D eigenvalue weighted by molar-refractivity contribution is 5.92. The van der Waals surface area contributed by atoms with Crippen LogP contribution in [0.25, 0.3) is 0 Å². The van der Waals surface area contributed by atoms with Crippen LogP contribution in [-0.4, -0.2) is 50.6 Å². The van der Waals surface area contributed by atoms with E-state index in [1.54, 1.807) is 0 Å². The topological polar surface area (TPSA) is 61.9 Å². The van der Waals surface area contributed by atoms with Gasteiger partial charge in [-0.3, -0.25) is 9.59 Å². The van der Waals surface area contributed by atoms with Crippen molar-refractivity contribution in [3.05, 3.63) is 23.8 Å². The Balaban J connectivity index is 3.19. The highest BCUT2D eigenvalue weighted by atomic mass is 16.5. The number of ether oxygens (including phenoxy) is 1. The van der Waals surface area contributed by atoms with E-state index in [1.165, 1.54) is 7.11 Å². The van der Waals surface area contributed by atoms with Crippen molar-refractivity contribution in [2.45, 2.75) is 46.7 Å². The summed E-state index contributed by atoms with van der Waals surface area (Å²) in [5.74, 6) is -0.123. The standard InChI is InChI=1S/C20H33N3O3/c1-8-15(4)23(20(25)14(2)3)12-16-11-17(21-19(24)13-26-7)9-10-18(16)22(5)6/h9-11,14-15H,8,12-13H2,1-7H3,(H,21,24). The fraction of sp³-hybridized carbons (Fsp3) is 0.600. The average molecular weight is 364 g/mol. The number of rotatable bonds is 9. The zero-order chi connectivity index (χ0) is 19.9. The Morgan fingerprint density at radius 3 is 2.35 bits per heavy atom. The van der Waals surface area contributed by atoms with E-state index in [9.17, 15) is 9.59 Å². The van der Waals surface area contributed by atoms with Crippen LogP contribution in [0.3, 0.4) is 0 Å². The normalized spacial score (nSPS) is 12.0. The second-order valence-corrected chi connectivity index (χ2v) is 7.10. The van der Waals surface area contributed by atoms with Crippen molar-refractivity contribution < 1.29 is 14.3 Å². The molecule has 1 unspecified atom stereocenters. The summed E-state index contributed by atoms with van der Waals surface area (Å²) in [7, 11) is 5.43. The van der Waals surface area contributed by atoms with Crippen LogP contribution in [0.15, 0.2) is 18.2 Å². The monoisotopic (exact) mass is 363 g/mol. The third-order valence-electron chi connectivity index (χ3n) is 4.36. The minimum atomic E-state index is -0.201. The van der Waals surface area contributed by atoms with E-state index >= 15 is 0 Å². The summed E-state index contributed by atoms with van der Waals surface area (Å²) in [6.07, 6.45) is 0.889. The Kier molecular flexibility index (Phi) is 8.58. The van der Waals surface area contributed by atoms with Crippen LogP contribution >= 0.6 is 0 Å². The van der Waals surface area contributed by atoms with Gasteiger partial charge < -0.3 is 19.9 Å². The molecule has 0 heterocycles.